The number of carbonyl (C=O) groups is 1. The molecule has 2 rings (SSSR count). The van der Waals surface area contributed by atoms with E-state index in [1.807, 2.05) is 0 Å². The SMILES string of the molecule is COC(=O)[C@@H](Nc1cnn(C)c1)c1cccc(Cl)c1Cl. The Hall–Kier alpha value is -1.72. The second-order valence-electron chi connectivity index (χ2n) is 4.15. The van der Waals surface area contributed by atoms with Crippen molar-refractivity contribution >= 4 is 34.9 Å². The van der Waals surface area contributed by atoms with Crippen LogP contribution in [0.3, 0.4) is 0 Å². The van der Waals surface area contributed by atoms with E-state index in [0.717, 1.165) is 0 Å². The minimum Gasteiger partial charge on any atom is -0.467 e. The molecule has 1 heterocycles. The minimum absolute atomic E-state index is 0.320. The number of aryl methyl sites for hydroxylation is 1. The van der Waals surface area contributed by atoms with E-state index >= 15 is 0 Å². The van der Waals surface area contributed by atoms with Crippen molar-refractivity contribution in [1.29, 1.82) is 0 Å². The van der Waals surface area contributed by atoms with Gasteiger partial charge in [0.2, 0.25) is 0 Å². The number of rotatable bonds is 4. The summed E-state index contributed by atoms with van der Waals surface area (Å²) >= 11 is 12.1. The maximum atomic E-state index is 12.0. The predicted octanol–water partition coefficient (Wildman–Crippen LogP) is 3.05. The molecule has 20 heavy (non-hydrogen) atoms. The summed E-state index contributed by atoms with van der Waals surface area (Å²) in [5.74, 6) is -0.460. The number of benzene rings is 1. The zero-order valence-corrected chi connectivity index (χ0v) is 12.4. The van der Waals surface area contributed by atoms with Crippen molar-refractivity contribution in [3.8, 4) is 0 Å². The van der Waals surface area contributed by atoms with E-state index in [9.17, 15) is 4.79 Å². The summed E-state index contributed by atoms with van der Waals surface area (Å²) in [6.07, 6.45) is 3.35. The molecular formula is C13H13Cl2N3O2. The van der Waals surface area contributed by atoms with Crippen LogP contribution in [0.1, 0.15) is 11.6 Å². The Bertz CT molecular complexity index is 628. The van der Waals surface area contributed by atoms with Crippen LogP contribution in [0.25, 0.3) is 0 Å². The van der Waals surface area contributed by atoms with Crippen molar-refractivity contribution in [2.45, 2.75) is 6.04 Å². The molecule has 0 saturated heterocycles. The molecule has 1 aromatic carbocycles. The lowest BCUT2D eigenvalue weighted by Gasteiger charge is -2.18. The van der Waals surface area contributed by atoms with Crippen molar-refractivity contribution in [2.24, 2.45) is 7.05 Å². The molecule has 0 amide bonds. The maximum Gasteiger partial charge on any atom is 0.333 e. The highest BCUT2D eigenvalue weighted by Crippen LogP contribution is 2.32. The van der Waals surface area contributed by atoms with Gasteiger partial charge < -0.3 is 10.1 Å². The maximum absolute atomic E-state index is 12.0. The summed E-state index contributed by atoms with van der Waals surface area (Å²) < 4.78 is 6.43. The van der Waals surface area contributed by atoms with Crippen molar-refractivity contribution < 1.29 is 9.53 Å². The van der Waals surface area contributed by atoms with Crippen molar-refractivity contribution in [1.82, 2.24) is 9.78 Å². The van der Waals surface area contributed by atoms with E-state index in [-0.39, 0.29) is 0 Å². The number of nitrogens with one attached hydrogen (secondary N) is 1. The second kappa shape index (κ2) is 6.15. The highest BCUT2D eigenvalue weighted by Gasteiger charge is 2.25. The van der Waals surface area contributed by atoms with E-state index in [1.54, 1.807) is 42.3 Å². The summed E-state index contributed by atoms with van der Waals surface area (Å²) in [6.45, 7) is 0. The van der Waals surface area contributed by atoms with Crippen molar-refractivity contribution in [3.05, 3.63) is 46.2 Å². The summed E-state index contributed by atoms with van der Waals surface area (Å²) in [6, 6.07) is 4.35. The molecule has 0 aliphatic heterocycles. The van der Waals surface area contributed by atoms with Gasteiger partial charge in [-0.2, -0.15) is 5.10 Å². The lowest BCUT2D eigenvalue weighted by molar-refractivity contribution is -0.141. The zero-order chi connectivity index (χ0) is 14.7. The Morgan fingerprint density at radius 1 is 1.45 bits per heavy atom. The standard InChI is InChI=1S/C13H13Cl2N3O2/c1-18-7-8(6-16-18)17-12(13(19)20-2)9-4-3-5-10(14)11(9)15/h3-7,12,17H,1-2H3/t12-/m0/s1. The fourth-order valence-corrected chi connectivity index (χ4v) is 2.20. The Morgan fingerprint density at radius 2 is 2.20 bits per heavy atom. The van der Waals surface area contributed by atoms with E-state index in [2.05, 4.69) is 10.4 Å². The second-order valence-corrected chi connectivity index (χ2v) is 4.93. The van der Waals surface area contributed by atoms with Crippen LogP contribution in [-0.2, 0) is 16.6 Å². The molecule has 106 valence electrons. The molecule has 1 N–H and O–H groups in total. The van der Waals surface area contributed by atoms with Gasteiger partial charge in [0.25, 0.3) is 0 Å². The molecule has 0 fully saturated rings. The van der Waals surface area contributed by atoms with Gasteiger partial charge in [0, 0.05) is 18.8 Å². The molecule has 0 radical (unpaired) electrons. The number of aromatic nitrogens is 2. The Labute approximate surface area is 126 Å². The number of halogens is 2. The lowest BCUT2D eigenvalue weighted by Crippen LogP contribution is -2.22. The fourth-order valence-electron chi connectivity index (χ4n) is 1.79. The van der Waals surface area contributed by atoms with Crippen LogP contribution in [0.5, 0.6) is 0 Å². The predicted molar refractivity (Wildman–Crippen MR) is 78.0 cm³/mol. The van der Waals surface area contributed by atoms with Gasteiger partial charge in [-0.1, -0.05) is 35.3 Å². The van der Waals surface area contributed by atoms with E-state index in [0.29, 0.717) is 21.3 Å². The normalized spacial score (nSPS) is 12.0. The third kappa shape index (κ3) is 3.05. The largest absolute Gasteiger partial charge is 0.467 e. The molecule has 1 aromatic heterocycles. The molecule has 2 aromatic rings. The molecule has 0 aliphatic carbocycles. The smallest absolute Gasteiger partial charge is 0.333 e. The van der Waals surface area contributed by atoms with Gasteiger partial charge in [0.1, 0.15) is 0 Å². The molecular weight excluding hydrogens is 301 g/mol. The van der Waals surface area contributed by atoms with Crippen LogP contribution < -0.4 is 5.32 Å². The first-order valence-electron chi connectivity index (χ1n) is 5.80. The third-order valence-corrected chi connectivity index (χ3v) is 3.58. The number of hydrogen-bond donors (Lipinski definition) is 1. The van der Waals surface area contributed by atoms with E-state index in [4.69, 9.17) is 27.9 Å². The number of nitrogens with zero attached hydrogens (tertiary/aromatic N) is 2. The number of ether oxygens (including phenoxy) is 1. The number of esters is 1. The quantitative estimate of drug-likeness (QED) is 0.881. The Balaban J connectivity index is 2.37. The number of carbonyl (C=O) groups excluding carboxylic acids is 1. The average molecular weight is 314 g/mol. The highest BCUT2D eigenvalue weighted by atomic mass is 35.5. The minimum atomic E-state index is -0.754. The van der Waals surface area contributed by atoms with Gasteiger partial charge in [0.05, 0.1) is 29.0 Å². The van der Waals surface area contributed by atoms with Crippen LogP contribution in [0.4, 0.5) is 5.69 Å². The van der Waals surface area contributed by atoms with Crippen molar-refractivity contribution in [3.63, 3.8) is 0 Å². The van der Waals surface area contributed by atoms with Crippen LogP contribution in [-0.4, -0.2) is 22.9 Å². The molecule has 0 saturated carbocycles. The first-order chi connectivity index (χ1) is 9.52. The molecule has 0 unspecified atom stereocenters. The summed E-state index contributed by atoms with van der Waals surface area (Å²) in [7, 11) is 3.10. The molecule has 0 aliphatic rings. The summed E-state index contributed by atoms with van der Waals surface area (Å²) in [5, 5.41) is 7.77. The van der Waals surface area contributed by atoms with Gasteiger partial charge in [-0.25, -0.2) is 4.79 Å². The molecule has 0 spiro atoms. The van der Waals surface area contributed by atoms with Gasteiger partial charge in [-0.05, 0) is 6.07 Å². The van der Waals surface area contributed by atoms with Crippen LogP contribution in [0, 0.1) is 0 Å². The van der Waals surface area contributed by atoms with Gasteiger partial charge in [-0.15, -0.1) is 0 Å². The molecule has 0 bridgehead atoms. The fraction of sp³-hybridized carbons (Fsp3) is 0.231. The Morgan fingerprint density at radius 3 is 2.80 bits per heavy atom. The van der Waals surface area contributed by atoms with Gasteiger partial charge in [-0.3, -0.25) is 4.68 Å². The molecule has 5 nitrogen and oxygen atoms in total. The van der Waals surface area contributed by atoms with E-state index in [1.165, 1.54) is 7.11 Å². The lowest BCUT2D eigenvalue weighted by atomic mass is 10.1. The van der Waals surface area contributed by atoms with Gasteiger partial charge in [0.15, 0.2) is 6.04 Å². The van der Waals surface area contributed by atoms with E-state index < -0.39 is 12.0 Å². The van der Waals surface area contributed by atoms with Crippen molar-refractivity contribution in [2.75, 3.05) is 12.4 Å². The third-order valence-electron chi connectivity index (χ3n) is 2.75. The number of methoxy groups -OCH3 is 1. The Kier molecular flexibility index (Phi) is 4.52. The van der Waals surface area contributed by atoms with Crippen LogP contribution in [0.15, 0.2) is 30.6 Å². The van der Waals surface area contributed by atoms with Crippen LogP contribution >= 0.6 is 23.2 Å². The first kappa shape index (κ1) is 14.7. The average Bonchev–Trinajstić information content (AvgIpc) is 2.84. The zero-order valence-electron chi connectivity index (χ0n) is 10.9. The number of anilines is 1. The molecule has 7 heteroatoms. The van der Waals surface area contributed by atoms with Gasteiger partial charge >= 0.3 is 5.97 Å². The van der Waals surface area contributed by atoms with Crippen LogP contribution in [0.2, 0.25) is 10.0 Å². The summed E-state index contributed by atoms with van der Waals surface area (Å²) in [5.41, 5.74) is 1.23. The molecule has 1 atom stereocenters. The highest BCUT2D eigenvalue weighted by molar-refractivity contribution is 6.42. The first-order valence-corrected chi connectivity index (χ1v) is 6.55. The topological polar surface area (TPSA) is 56.1 Å². The monoisotopic (exact) mass is 313 g/mol. The summed E-state index contributed by atoms with van der Waals surface area (Å²) in [4.78, 5) is 12.0. The number of hydrogen-bond acceptors (Lipinski definition) is 4.